The Hall–Kier alpha value is 0.750. The first-order chi connectivity index (χ1) is 3.79. The average molecular weight is 263 g/mol. The molecule has 0 N–H and O–H groups in total. The molecule has 0 spiro atoms. The van der Waals surface area contributed by atoms with E-state index in [1.165, 1.54) is 0 Å². The van der Waals surface area contributed by atoms with Crippen LogP contribution < -0.4 is 0 Å². The molecule has 54 valence electrons. The van der Waals surface area contributed by atoms with Crippen LogP contribution in [-0.4, -0.2) is 12.7 Å². The summed E-state index contributed by atoms with van der Waals surface area (Å²) in [4.78, 5) is 0. The van der Waals surface area contributed by atoms with Crippen molar-refractivity contribution >= 4 is 32.2 Å². The van der Waals surface area contributed by atoms with E-state index in [1.807, 2.05) is 6.92 Å². The zero-order valence-electron chi connectivity index (χ0n) is 5.07. The fraction of sp³-hybridized carbons (Fsp3) is 1.00. The Morgan fingerprint density at radius 1 is 1.67 bits per heavy atom. The summed E-state index contributed by atoms with van der Waals surface area (Å²) < 4.78 is 19.8. The maximum Gasteiger partial charge on any atom is 0.697 e. The highest BCUT2D eigenvalue weighted by atomic mass is 127. The highest BCUT2D eigenvalue weighted by Gasteiger charge is 2.29. The number of halogens is 1. The van der Waals surface area contributed by atoms with Crippen LogP contribution in [0.1, 0.15) is 13.3 Å². The van der Waals surface area contributed by atoms with Gasteiger partial charge in [-0.15, -0.1) is 33.0 Å². The third kappa shape index (κ3) is 3.45. The highest BCUT2D eigenvalue weighted by Crippen LogP contribution is 2.31. The molecular weight excluding hydrogens is 254 g/mol. The van der Waals surface area contributed by atoms with Crippen LogP contribution in [0.15, 0.2) is 0 Å². The minimum absolute atomic E-state index is 0. The van der Waals surface area contributed by atoms with Crippen LogP contribution in [0.4, 0.5) is 0 Å². The van der Waals surface area contributed by atoms with Crippen molar-refractivity contribution in [2.45, 2.75) is 19.4 Å². The summed E-state index contributed by atoms with van der Waals surface area (Å²) in [6.45, 7) is 2.45. The Labute approximate surface area is 72.1 Å². The van der Waals surface area contributed by atoms with E-state index in [9.17, 15) is 4.57 Å². The smallest absolute Gasteiger partial charge is 0.119 e. The lowest BCUT2D eigenvalue weighted by atomic mass is 10.3. The van der Waals surface area contributed by atoms with Crippen molar-refractivity contribution in [3.8, 4) is 0 Å². The second-order valence-electron chi connectivity index (χ2n) is 1.76. The van der Waals surface area contributed by atoms with Crippen LogP contribution in [0.2, 0.25) is 0 Å². The molecule has 1 saturated heterocycles. The van der Waals surface area contributed by atoms with E-state index in [0.29, 0.717) is 6.61 Å². The summed E-state index contributed by atoms with van der Waals surface area (Å²) in [7, 11) is -1.78. The second kappa shape index (κ2) is 4.55. The van der Waals surface area contributed by atoms with E-state index in [1.54, 1.807) is 0 Å². The van der Waals surface area contributed by atoms with Crippen LogP contribution in [0.3, 0.4) is 0 Å². The third-order valence-corrected chi connectivity index (χ3v) is 1.91. The van der Waals surface area contributed by atoms with Crippen LogP contribution in [0, 0.1) is 0 Å². The Balaban J connectivity index is 0.000000640. The van der Waals surface area contributed by atoms with Crippen molar-refractivity contribution in [3.05, 3.63) is 0 Å². The molecular formula is C4H9IO3P+. The van der Waals surface area contributed by atoms with Crippen molar-refractivity contribution < 1.29 is 13.6 Å². The normalized spacial score (nSPS) is 31.2. The van der Waals surface area contributed by atoms with Crippen molar-refractivity contribution in [2.24, 2.45) is 0 Å². The first-order valence-corrected chi connectivity index (χ1v) is 3.65. The van der Waals surface area contributed by atoms with E-state index in [4.69, 9.17) is 4.52 Å². The van der Waals surface area contributed by atoms with Gasteiger partial charge in [-0.25, -0.2) is 0 Å². The molecule has 0 saturated carbocycles. The molecule has 3 nitrogen and oxygen atoms in total. The minimum atomic E-state index is -1.78. The minimum Gasteiger partial charge on any atom is -0.119 e. The van der Waals surface area contributed by atoms with Crippen LogP contribution in [0.5, 0.6) is 0 Å². The van der Waals surface area contributed by atoms with E-state index in [-0.39, 0.29) is 30.1 Å². The zero-order chi connectivity index (χ0) is 5.98. The molecule has 1 aliphatic rings. The first kappa shape index (κ1) is 9.75. The maximum absolute atomic E-state index is 10.4. The lowest BCUT2D eigenvalue weighted by molar-refractivity contribution is 0.108. The van der Waals surface area contributed by atoms with Gasteiger partial charge in [0.25, 0.3) is 0 Å². The average Bonchev–Trinajstić information content (AvgIpc) is 1.64. The van der Waals surface area contributed by atoms with Gasteiger partial charge in [0.1, 0.15) is 12.7 Å². The predicted molar refractivity (Wildman–Crippen MR) is 44.1 cm³/mol. The van der Waals surface area contributed by atoms with Crippen molar-refractivity contribution in [1.29, 1.82) is 0 Å². The fourth-order valence-corrected chi connectivity index (χ4v) is 1.24. The molecule has 2 atom stereocenters. The van der Waals surface area contributed by atoms with Gasteiger partial charge in [-0.1, -0.05) is 0 Å². The summed E-state index contributed by atoms with van der Waals surface area (Å²) in [5.74, 6) is 0. The fourth-order valence-electron chi connectivity index (χ4n) is 0.523. The van der Waals surface area contributed by atoms with Gasteiger partial charge in [0.15, 0.2) is 0 Å². The molecule has 0 aliphatic carbocycles. The Morgan fingerprint density at radius 2 is 2.33 bits per heavy atom. The summed E-state index contributed by atoms with van der Waals surface area (Å²) in [5.41, 5.74) is 0. The second-order valence-corrected chi connectivity index (χ2v) is 2.68. The quantitative estimate of drug-likeness (QED) is 0.496. The van der Waals surface area contributed by atoms with Crippen LogP contribution >= 0.6 is 32.2 Å². The van der Waals surface area contributed by atoms with Gasteiger partial charge in [-0.3, -0.25) is 0 Å². The van der Waals surface area contributed by atoms with Gasteiger partial charge >= 0.3 is 8.25 Å². The molecule has 0 amide bonds. The monoisotopic (exact) mass is 263 g/mol. The van der Waals surface area contributed by atoms with Crippen LogP contribution in [0.25, 0.3) is 0 Å². The molecule has 1 heterocycles. The molecule has 0 bridgehead atoms. The largest absolute Gasteiger partial charge is 0.697 e. The number of hydrogen-bond acceptors (Lipinski definition) is 3. The third-order valence-electron chi connectivity index (χ3n) is 0.987. The van der Waals surface area contributed by atoms with E-state index < -0.39 is 8.25 Å². The van der Waals surface area contributed by atoms with Gasteiger partial charge in [-0.05, 0) is 6.92 Å². The molecule has 5 heteroatoms. The van der Waals surface area contributed by atoms with Gasteiger partial charge < -0.3 is 0 Å². The summed E-state index contributed by atoms with van der Waals surface area (Å²) >= 11 is 0. The van der Waals surface area contributed by atoms with Gasteiger partial charge in [-0.2, -0.15) is 0 Å². The zero-order valence-corrected chi connectivity index (χ0v) is 8.30. The molecule has 0 aromatic rings. The number of rotatable bonds is 0. The van der Waals surface area contributed by atoms with Crippen molar-refractivity contribution in [1.82, 2.24) is 0 Å². The molecule has 1 aliphatic heterocycles. The van der Waals surface area contributed by atoms with Crippen molar-refractivity contribution in [3.63, 3.8) is 0 Å². The molecule has 1 rings (SSSR count). The topological polar surface area (TPSA) is 35.5 Å². The van der Waals surface area contributed by atoms with E-state index in [0.717, 1.165) is 6.42 Å². The molecule has 1 fully saturated rings. The Kier molecular flexibility index (Phi) is 4.93. The summed E-state index contributed by atoms with van der Waals surface area (Å²) in [6, 6.07) is 0. The van der Waals surface area contributed by atoms with Gasteiger partial charge in [0.05, 0.1) is 0 Å². The van der Waals surface area contributed by atoms with Gasteiger partial charge in [0.2, 0.25) is 0 Å². The standard InChI is InChI=1S/C4H8O3P.HI/c1-4-2-3-6-8(5)7-4;/h4H,2-3H2,1H3;1H/q+1;. The van der Waals surface area contributed by atoms with Crippen LogP contribution in [-0.2, 0) is 13.6 Å². The lowest BCUT2D eigenvalue weighted by Gasteiger charge is -2.04. The highest BCUT2D eigenvalue weighted by molar-refractivity contribution is 14.0. The Morgan fingerprint density at radius 3 is 2.67 bits per heavy atom. The Bertz CT molecular complexity index is 108. The molecule has 0 radical (unpaired) electrons. The molecule has 0 aromatic carbocycles. The first-order valence-electron chi connectivity index (χ1n) is 2.56. The molecule has 0 aromatic heterocycles. The van der Waals surface area contributed by atoms with E-state index in [2.05, 4.69) is 4.52 Å². The van der Waals surface area contributed by atoms with Crippen molar-refractivity contribution in [2.75, 3.05) is 6.61 Å². The lowest BCUT2D eigenvalue weighted by Crippen LogP contribution is -2.11. The maximum atomic E-state index is 10.4. The molecule has 9 heavy (non-hydrogen) atoms. The summed E-state index contributed by atoms with van der Waals surface area (Å²) in [5, 5.41) is 0. The predicted octanol–water partition coefficient (Wildman–Crippen LogP) is 2.09. The number of hydrogen-bond donors (Lipinski definition) is 0. The summed E-state index contributed by atoms with van der Waals surface area (Å²) in [6.07, 6.45) is 0.952. The SMILES string of the molecule is CC1CCO[P+](=O)O1.I. The van der Waals surface area contributed by atoms with Gasteiger partial charge in [0, 0.05) is 11.0 Å². The molecule has 2 unspecified atom stereocenters. The van der Waals surface area contributed by atoms with E-state index >= 15 is 0 Å².